The van der Waals surface area contributed by atoms with Crippen LogP contribution in [-0.2, 0) is 14.1 Å². The maximum atomic E-state index is 4.75. The molecule has 0 unspecified atom stereocenters. The summed E-state index contributed by atoms with van der Waals surface area (Å²) in [5.41, 5.74) is 4.46. The lowest BCUT2D eigenvalue weighted by Gasteiger charge is -1.97. The Morgan fingerprint density at radius 1 is 1.05 bits per heavy atom. The molecule has 1 N–H and O–H groups in total. The molecule has 0 radical (unpaired) electrons. The first kappa shape index (κ1) is 11.2. The van der Waals surface area contributed by atoms with Gasteiger partial charge >= 0.3 is 5.82 Å². The molecule has 0 aliphatic heterocycles. The molecular formula is C16H15N4+. The van der Waals surface area contributed by atoms with Crippen molar-refractivity contribution in [1.29, 1.82) is 0 Å². The fourth-order valence-electron chi connectivity index (χ4n) is 2.77. The lowest BCUT2D eigenvalue weighted by Crippen LogP contribution is -2.29. The molecule has 0 amide bonds. The van der Waals surface area contributed by atoms with E-state index >= 15 is 0 Å². The molecular weight excluding hydrogens is 248 g/mol. The summed E-state index contributed by atoms with van der Waals surface area (Å²) in [5.74, 6) is 1.97. The van der Waals surface area contributed by atoms with Gasteiger partial charge in [-0.3, -0.25) is 0 Å². The Hall–Kier alpha value is -2.62. The van der Waals surface area contributed by atoms with Gasteiger partial charge in [0.2, 0.25) is 5.82 Å². The van der Waals surface area contributed by atoms with E-state index in [1.165, 1.54) is 5.52 Å². The molecule has 98 valence electrons. The summed E-state index contributed by atoms with van der Waals surface area (Å²) >= 11 is 0. The number of H-pyrrole nitrogens is 1. The van der Waals surface area contributed by atoms with E-state index in [9.17, 15) is 0 Å². The number of rotatable bonds is 1. The number of para-hydroxylation sites is 4. The highest BCUT2D eigenvalue weighted by atomic mass is 15.2. The molecule has 4 rings (SSSR count). The van der Waals surface area contributed by atoms with Gasteiger partial charge in [0.15, 0.2) is 11.0 Å². The molecule has 0 spiro atoms. The average molecular weight is 263 g/mol. The van der Waals surface area contributed by atoms with E-state index in [1.54, 1.807) is 0 Å². The molecule has 4 nitrogen and oxygen atoms in total. The van der Waals surface area contributed by atoms with E-state index in [-0.39, 0.29) is 0 Å². The quantitative estimate of drug-likeness (QED) is 0.526. The van der Waals surface area contributed by atoms with Crippen molar-refractivity contribution in [3.63, 3.8) is 0 Å². The predicted molar refractivity (Wildman–Crippen MR) is 79.2 cm³/mol. The van der Waals surface area contributed by atoms with Gasteiger partial charge < -0.3 is 4.57 Å². The summed E-state index contributed by atoms with van der Waals surface area (Å²) in [6.07, 6.45) is 0. The Bertz CT molecular complexity index is 852. The van der Waals surface area contributed by atoms with Crippen LogP contribution < -0.4 is 4.57 Å². The molecule has 2 heterocycles. The van der Waals surface area contributed by atoms with E-state index in [0.29, 0.717) is 0 Å². The molecule has 2 aromatic carbocycles. The molecule has 0 saturated carbocycles. The van der Waals surface area contributed by atoms with E-state index in [2.05, 4.69) is 52.5 Å². The Kier molecular flexibility index (Phi) is 2.21. The topological polar surface area (TPSA) is 37.5 Å². The van der Waals surface area contributed by atoms with Gasteiger partial charge in [-0.25, -0.2) is 14.5 Å². The molecule has 0 bridgehead atoms. The predicted octanol–water partition coefficient (Wildman–Crippen LogP) is 2.55. The van der Waals surface area contributed by atoms with Crippen molar-refractivity contribution in [2.75, 3.05) is 0 Å². The first-order chi connectivity index (χ1) is 9.75. The van der Waals surface area contributed by atoms with Crippen LogP contribution in [0.4, 0.5) is 0 Å². The van der Waals surface area contributed by atoms with Gasteiger partial charge in [0.05, 0.1) is 18.1 Å². The van der Waals surface area contributed by atoms with Crippen molar-refractivity contribution in [3.8, 4) is 11.6 Å². The highest BCUT2D eigenvalue weighted by molar-refractivity contribution is 5.80. The zero-order valence-corrected chi connectivity index (χ0v) is 11.5. The van der Waals surface area contributed by atoms with Gasteiger partial charge in [-0.2, -0.15) is 0 Å². The molecule has 0 atom stereocenters. The summed E-state index contributed by atoms with van der Waals surface area (Å²) in [6, 6.07) is 16.5. The molecule has 0 aliphatic carbocycles. The third-order valence-electron chi connectivity index (χ3n) is 3.85. The van der Waals surface area contributed by atoms with Gasteiger partial charge in [0, 0.05) is 7.05 Å². The summed E-state index contributed by atoms with van der Waals surface area (Å²) in [4.78, 5) is 8.21. The summed E-state index contributed by atoms with van der Waals surface area (Å²) < 4.78 is 4.27. The molecule has 20 heavy (non-hydrogen) atoms. The van der Waals surface area contributed by atoms with Gasteiger partial charge in [0.25, 0.3) is 0 Å². The molecule has 4 aromatic rings. The Balaban J connectivity index is 2.06. The molecule has 0 aliphatic rings. The van der Waals surface area contributed by atoms with Crippen LogP contribution in [0.5, 0.6) is 0 Å². The first-order valence-electron chi connectivity index (χ1n) is 6.64. The standard InChI is InChI=1S/C16H14N4/c1-19-13-9-5-3-7-11(13)17-15(19)16-18-12-8-4-6-10-14(12)20(16)2/h3-10H,1-2H3/p+1. The largest absolute Gasteiger partial charge is 0.324 e. The number of imidazole rings is 2. The van der Waals surface area contributed by atoms with Crippen LogP contribution in [0.1, 0.15) is 0 Å². The monoisotopic (exact) mass is 263 g/mol. The van der Waals surface area contributed by atoms with E-state index in [1.807, 2.05) is 24.3 Å². The fourth-order valence-corrected chi connectivity index (χ4v) is 2.77. The van der Waals surface area contributed by atoms with Crippen LogP contribution >= 0.6 is 0 Å². The second-order valence-corrected chi connectivity index (χ2v) is 5.03. The van der Waals surface area contributed by atoms with E-state index < -0.39 is 0 Å². The third-order valence-corrected chi connectivity index (χ3v) is 3.85. The molecule has 0 saturated heterocycles. The van der Waals surface area contributed by atoms with Crippen LogP contribution in [0.2, 0.25) is 0 Å². The SMILES string of the molecule is Cn1c(-c2[nH]c3ccccc3[n+]2C)nc2ccccc21. The lowest BCUT2D eigenvalue weighted by molar-refractivity contribution is -0.633. The van der Waals surface area contributed by atoms with Gasteiger partial charge in [-0.05, 0) is 24.3 Å². The van der Waals surface area contributed by atoms with Crippen molar-refractivity contribution >= 4 is 22.1 Å². The third kappa shape index (κ3) is 1.42. The number of nitrogens with zero attached hydrogens (tertiary/aromatic N) is 3. The zero-order chi connectivity index (χ0) is 13.7. The highest BCUT2D eigenvalue weighted by Gasteiger charge is 2.22. The van der Waals surface area contributed by atoms with Crippen molar-refractivity contribution in [2.24, 2.45) is 14.1 Å². The summed E-state index contributed by atoms with van der Waals surface area (Å²) in [5, 5.41) is 0. The number of aromatic nitrogens is 4. The number of aryl methyl sites for hydroxylation is 2. The Labute approximate surface area is 116 Å². The number of hydrogen-bond donors (Lipinski definition) is 1. The van der Waals surface area contributed by atoms with Crippen molar-refractivity contribution < 1.29 is 4.57 Å². The fraction of sp³-hybridized carbons (Fsp3) is 0.125. The molecule has 0 fully saturated rings. The van der Waals surface area contributed by atoms with Crippen LogP contribution in [0.25, 0.3) is 33.7 Å². The normalized spacial score (nSPS) is 11.5. The maximum absolute atomic E-state index is 4.75. The minimum absolute atomic E-state index is 0.949. The zero-order valence-electron chi connectivity index (χ0n) is 11.5. The number of fused-ring (bicyclic) bond motifs is 2. The maximum Gasteiger partial charge on any atom is 0.324 e. The van der Waals surface area contributed by atoms with Crippen LogP contribution in [0.15, 0.2) is 48.5 Å². The van der Waals surface area contributed by atoms with Crippen LogP contribution in [0.3, 0.4) is 0 Å². The van der Waals surface area contributed by atoms with Gasteiger partial charge in [-0.1, -0.05) is 24.3 Å². The lowest BCUT2D eigenvalue weighted by atomic mass is 10.3. The number of benzene rings is 2. The van der Waals surface area contributed by atoms with E-state index in [4.69, 9.17) is 4.98 Å². The van der Waals surface area contributed by atoms with Gasteiger partial charge in [0.1, 0.15) is 0 Å². The molecule has 2 aromatic heterocycles. The van der Waals surface area contributed by atoms with E-state index in [0.717, 1.165) is 28.2 Å². The number of nitrogens with one attached hydrogen (secondary N) is 1. The van der Waals surface area contributed by atoms with Crippen LogP contribution in [-0.4, -0.2) is 14.5 Å². The Morgan fingerprint density at radius 2 is 1.80 bits per heavy atom. The summed E-state index contributed by atoms with van der Waals surface area (Å²) in [7, 11) is 4.11. The summed E-state index contributed by atoms with van der Waals surface area (Å²) in [6.45, 7) is 0. The van der Waals surface area contributed by atoms with Crippen LogP contribution in [0, 0.1) is 0 Å². The van der Waals surface area contributed by atoms with Crippen molar-refractivity contribution in [1.82, 2.24) is 14.5 Å². The Morgan fingerprint density at radius 3 is 2.60 bits per heavy atom. The highest BCUT2D eigenvalue weighted by Crippen LogP contribution is 2.22. The molecule has 4 heteroatoms. The smallest absolute Gasteiger partial charge is 0.321 e. The van der Waals surface area contributed by atoms with Crippen molar-refractivity contribution in [2.45, 2.75) is 0 Å². The van der Waals surface area contributed by atoms with Crippen molar-refractivity contribution in [3.05, 3.63) is 48.5 Å². The minimum Gasteiger partial charge on any atom is -0.321 e. The number of hydrogen-bond acceptors (Lipinski definition) is 1. The number of aromatic amines is 1. The minimum atomic E-state index is 0.949. The first-order valence-corrected chi connectivity index (χ1v) is 6.64. The van der Waals surface area contributed by atoms with Gasteiger partial charge in [-0.15, -0.1) is 0 Å². The second-order valence-electron chi connectivity index (χ2n) is 5.03. The second kappa shape index (κ2) is 3.93. The average Bonchev–Trinajstić information content (AvgIpc) is 2.98.